The maximum atomic E-state index is 4.74. The Bertz CT molecular complexity index is 577. The van der Waals surface area contributed by atoms with E-state index in [0.29, 0.717) is 5.92 Å². The van der Waals surface area contributed by atoms with Crippen LogP contribution in [-0.2, 0) is 6.42 Å². The Balaban J connectivity index is 1.58. The number of imidazole rings is 1. The molecule has 1 aliphatic carbocycles. The van der Waals surface area contributed by atoms with Gasteiger partial charge in [-0.1, -0.05) is 12.5 Å². The first-order valence-electron chi connectivity index (χ1n) is 7.58. The Hall–Kier alpha value is -1.35. The van der Waals surface area contributed by atoms with E-state index in [4.69, 9.17) is 4.98 Å². The van der Waals surface area contributed by atoms with Crippen LogP contribution in [0.3, 0.4) is 0 Å². The molecule has 2 N–H and O–H groups in total. The van der Waals surface area contributed by atoms with Gasteiger partial charge in [-0.2, -0.15) is 0 Å². The molecule has 2 aliphatic rings. The number of hydrogen-bond donors (Lipinski definition) is 2. The molecule has 0 spiro atoms. The highest BCUT2D eigenvalue weighted by Gasteiger charge is 2.22. The van der Waals surface area contributed by atoms with Crippen LogP contribution in [0.1, 0.15) is 43.0 Å². The smallest absolute Gasteiger partial charge is 0.110 e. The third-order valence-electron chi connectivity index (χ3n) is 4.74. The summed E-state index contributed by atoms with van der Waals surface area (Å²) in [7, 11) is 0. The normalized spacial score (nSPS) is 23.9. The molecule has 2 heterocycles. The molecule has 100 valence electrons. The molecule has 2 aromatic rings. The molecule has 0 amide bonds. The SMILES string of the molecule is c1cc2nc(C3CCC3)[nH]c2cc1CC1CCNC1. The lowest BCUT2D eigenvalue weighted by atomic mass is 9.85. The lowest BCUT2D eigenvalue weighted by Gasteiger charge is -2.22. The van der Waals surface area contributed by atoms with Crippen molar-refractivity contribution in [1.29, 1.82) is 0 Å². The fraction of sp³-hybridized carbons (Fsp3) is 0.562. The molecule has 1 aliphatic heterocycles. The summed E-state index contributed by atoms with van der Waals surface area (Å²) in [6.07, 6.45) is 6.48. The number of aromatic nitrogens is 2. The predicted molar refractivity (Wildman–Crippen MR) is 77.4 cm³/mol. The van der Waals surface area contributed by atoms with Gasteiger partial charge in [-0.25, -0.2) is 4.98 Å². The second kappa shape index (κ2) is 4.64. The Morgan fingerprint density at radius 1 is 1.21 bits per heavy atom. The average Bonchev–Trinajstić information content (AvgIpc) is 2.95. The molecule has 3 nitrogen and oxygen atoms in total. The van der Waals surface area contributed by atoms with E-state index in [1.165, 1.54) is 62.1 Å². The zero-order valence-electron chi connectivity index (χ0n) is 11.3. The molecule has 1 unspecified atom stereocenters. The highest BCUT2D eigenvalue weighted by atomic mass is 14.9. The van der Waals surface area contributed by atoms with Gasteiger partial charge in [-0.05, 0) is 62.4 Å². The summed E-state index contributed by atoms with van der Waals surface area (Å²) in [5.41, 5.74) is 3.81. The molecule has 1 saturated heterocycles. The predicted octanol–water partition coefficient (Wildman–Crippen LogP) is 2.98. The van der Waals surface area contributed by atoms with E-state index in [-0.39, 0.29) is 0 Å². The summed E-state index contributed by atoms with van der Waals surface area (Å²) in [5.74, 6) is 2.71. The standard InChI is InChI=1S/C16H21N3/c1-2-13(3-1)16-18-14-5-4-11(9-15(14)19-16)8-12-6-7-17-10-12/h4-5,9,12-13,17H,1-3,6-8,10H2,(H,18,19). The van der Waals surface area contributed by atoms with Gasteiger partial charge in [0.2, 0.25) is 0 Å². The van der Waals surface area contributed by atoms with E-state index in [9.17, 15) is 0 Å². The summed E-state index contributed by atoms with van der Waals surface area (Å²) in [4.78, 5) is 8.28. The number of benzene rings is 1. The molecule has 1 aromatic heterocycles. The third-order valence-corrected chi connectivity index (χ3v) is 4.74. The minimum Gasteiger partial charge on any atom is -0.342 e. The molecule has 2 fully saturated rings. The average molecular weight is 255 g/mol. The largest absolute Gasteiger partial charge is 0.342 e. The van der Waals surface area contributed by atoms with Crippen molar-refractivity contribution < 1.29 is 0 Å². The fourth-order valence-electron chi connectivity index (χ4n) is 3.30. The van der Waals surface area contributed by atoms with Crippen molar-refractivity contribution in [3.05, 3.63) is 29.6 Å². The van der Waals surface area contributed by atoms with Crippen molar-refractivity contribution in [2.75, 3.05) is 13.1 Å². The molecule has 0 radical (unpaired) electrons. The second-order valence-electron chi connectivity index (χ2n) is 6.16. The summed E-state index contributed by atoms with van der Waals surface area (Å²) in [6.45, 7) is 2.36. The van der Waals surface area contributed by atoms with Gasteiger partial charge in [0.25, 0.3) is 0 Å². The van der Waals surface area contributed by atoms with Gasteiger partial charge in [0.1, 0.15) is 5.82 Å². The number of rotatable bonds is 3. The van der Waals surface area contributed by atoms with Crippen molar-refractivity contribution in [2.45, 2.75) is 38.0 Å². The molecule has 1 atom stereocenters. The van der Waals surface area contributed by atoms with E-state index in [0.717, 1.165) is 11.4 Å². The Labute approximate surface area is 113 Å². The van der Waals surface area contributed by atoms with Crippen LogP contribution < -0.4 is 5.32 Å². The Kier molecular flexibility index (Phi) is 2.80. The van der Waals surface area contributed by atoms with Crippen molar-refractivity contribution in [3.63, 3.8) is 0 Å². The maximum absolute atomic E-state index is 4.74. The van der Waals surface area contributed by atoms with Crippen LogP contribution >= 0.6 is 0 Å². The minimum atomic E-state index is 0.690. The minimum absolute atomic E-state index is 0.690. The zero-order chi connectivity index (χ0) is 12.7. The maximum Gasteiger partial charge on any atom is 0.110 e. The van der Waals surface area contributed by atoms with Gasteiger partial charge in [-0.3, -0.25) is 0 Å². The van der Waals surface area contributed by atoms with Gasteiger partial charge >= 0.3 is 0 Å². The van der Waals surface area contributed by atoms with Crippen molar-refractivity contribution in [1.82, 2.24) is 15.3 Å². The zero-order valence-corrected chi connectivity index (χ0v) is 11.3. The third kappa shape index (κ3) is 2.16. The molecule has 1 aromatic carbocycles. The first-order chi connectivity index (χ1) is 9.38. The highest BCUT2D eigenvalue weighted by Crippen LogP contribution is 2.35. The van der Waals surface area contributed by atoms with E-state index >= 15 is 0 Å². The van der Waals surface area contributed by atoms with Gasteiger partial charge in [0, 0.05) is 5.92 Å². The molecule has 4 rings (SSSR count). The Morgan fingerprint density at radius 3 is 2.89 bits per heavy atom. The Morgan fingerprint density at radius 2 is 2.16 bits per heavy atom. The van der Waals surface area contributed by atoms with E-state index in [1.54, 1.807) is 0 Å². The summed E-state index contributed by atoms with van der Waals surface area (Å²) in [5, 5.41) is 3.44. The van der Waals surface area contributed by atoms with Gasteiger partial charge < -0.3 is 10.3 Å². The lowest BCUT2D eigenvalue weighted by Crippen LogP contribution is -2.10. The van der Waals surface area contributed by atoms with Crippen LogP contribution in [0.15, 0.2) is 18.2 Å². The van der Waals surface area contributed by atoms with Crippen molar-refractivity contribution in [3.8, 4) is 0 Å². The van der Waals surface area contributed by atoms with Gasteiger partial charge in [0.05, 0.1) is 11.0 Å². The van der Waals surface area contributed by atoms with Crippen molar-refractivity contribution in [2.24, 2.45) is 5.92 Å². The molecular formula is C16H21N3. The number of fused-ring (bicyclic) bond motifs is 1. The van der Waals surface area contributed by atoms with E-state index in [2.05, 4.69) is 28.5 Å². The number of hydrogen-bond acceptors (Lipinski definition) is 2. The van der Waals surface area contributed by atoms with Gasteiger partial charge in [-0.15, -0.1) is 0 Å². The first kappa shape index (κ1) is 11.5. The highest BCUT2D eigenvalue weighted by molar-refractivity contribution is 5.76. The molecule has 0 bridgehead atoms. The van der Waals surface area contributed by atoms with Crippen LogP contribution in [0, 0.1) is 5.92 Å². The fourth-order valence-corrected chi connectivity index (χ4v) is 3.30. The van der Waals surface area contributed by atoms with Crippen LogP contribution in [-0.4, -0.2) is 23.1 Å². The first-order valence-corrected chi connectivity index (χ1v) is 7.58. The van der Waals surface area contributed by atoms with Gasteiger partial charge in [0.15, 0.2) is 0 Å². The summed E-state index contributed by atoms with van der Waals surface area (Å²) >= 11 is 0. The monoisotopic (exact) mass is 255 g/mol. The van der Waals surface area contributed by atoms with E-state index < -0.39 is 0 Å². The molecule has 19 heavy (non-hydrogen) atoms. The summed E-state index contributed by atoms with van der Waals surface area (Å²) in [6, 6.07) is 6.75. The second-order valence-corrected chi connectivity index (χ2v) is 6.16. The van der Waals surface area contributed by atoms with E-state index in [1.807, 2.05) is 0 Å². The number of nitrogens with one attached hydrogen (secondary N) is 2. The molecular weight excluding hydrogens is 234 g/mol. The van der Waals surface area contributed by atoms with Crippen molar-refractivity contribution >= 4 is 11.0 Å². The van der Waals surface area contributed by atoms with Crippen LogP contribution in [0.5, 0.6) is 0 Å². The quantitative estimate of drug-likeness (QED) is 0.885. The molecule has 3 heteroatoms. The van der Waals surface area contributed by atoms with Crippen LogP contribution in [0.25, 0.3) is 11.0 Å². The lowest BCUT2D eigenvalue weighted by molar-refractivity contribution is 0.405. The van der Waals surface area contributed by atoms with Crippen LogP contribution in [0.2, 0.25) is 0 Å². The number of aromatic amines is 1. The topological polar surface area (TPSA) is 40.7 Å². The molecule has 1 saturated carbocycles. The van der Waals surface area contributed by atoms with Crippen LogP contribution in [0.4, 0.5) is 0 Å². The summed E-state index contributed by atoms with van der Waals surface area (Å²) < 4.78 is 0. The number of H-pyrrole nitrogens is 1. The number of nitrogens with zero attached hydrogens (tertiary/aromatic N) is 1.